The highest BCUT2D eigenvalue weighted by atomic mass is 35.5. The molecule has 0 aliphatic carbocycles. The third kappa shape index (κ3) is 7.48. The molecule has 150 valence electrons. The molecular formula is C21H27ClN4O2. The zero-order valence-corrected chi connectivity index (χ0v) is 16.8. The number of rotatable bonds is 9. The van der Waals surface area contributed by atoms with Gasteiger partial charge in [0.05, 0.1) is 0 Å². The lowest BCUT2D eigenvalue weighted by atomic mass is 10.1. The third-order valence-corrected chi connectivity index (χ3v) is 4.36. The molecular weight excluding hydrogens is 376 g/mol. The van der Waals surface area contributed by atoms with Gasteiger partial charge in [-0.15, -0.1) is 0 Å². The van der Waals surface area contributed by atoms with Crippen LogP contribution in [0.2, 0.25) is 5.02 Å². The van der Waals surface area contributed by atoms with Crippen molar-refractivity contribution >= 4 is 23.5 Å². The Morgan fingerprint density at radius 1 is 1.07 bits per heavy atom. The number of benzene rings is 2. The molecule has 2 rings (SSSR count). The lowest BCUT2D eigenvalue weighted by Gasteiger charge is -2.12. The van der Waals surface area contributed by atoms with E-state index in [-0.39, 0.29) is 11.7 Å². The molecule has 2 aromatic rings. The van der Waals surface area contributed by atoms with Gasteiger partial charge in [0.15, 0.2) is 5.96 Å². The lowest BCUT2D eigenvalue weighted by molar-refractivity contribution is 0.0953. The fourth-order valence-corrected chi connectivity index (χ4v) is 2.81. The number of aliphatic imine (C=N–C) groups is 1. The van der Waals surface area contributed by atoms with Gasteiger partial charge < -0.3 is 21.1 Å². The van der Waals surface area contributed by atoms with Crippen molar-refractivity contribution in [2.24, 2.45) is 4.99 Å². The summed E-state index contributed by atoms with van der Waals surface area (Å²) in [5.74, 6) is 0.619. The number of nitrogens with zero attached hydrogens (tertiary/aromatic N) is 1. The first-order valence-electron chi connectivity index (χ1n) is 9.43. The van der Waals surface area contributed by atoms with E-state index in [0.717, 1.165) is 36.1 Å². The molecule has 28 heavy (non-hydrogen) atoms. The summed E-state index contributed by atoms with van der Waals surface area (Å²) in [7, 11) is 0. The minimum absolute atomic E-state index is 0.0791. The van der Waals surface area contributed by atoms with E-state index in [1.807, 2.05) is 31.2 Å². The molecule has 0 aliphatic rings. The van der Waals surface area contributed by atoms with Gasteiger partial charge in [0.1, 0.15) is 5.75 Å². The number of amides is 1. The summed E-state index contributed by atoms with van der Waals surface area (Å²) in [5.41, 5.74) is 1.54. The van der Waals surface area contributed by atoms with Gasteiger partial charge in [-0.3, -0.25) is 9.79 Å². The molecule has 0 atom stereocenters. The molecule has 0 unspecified atom stereocenters. The van der Waals surface area contributed by atoms with Crippen molar-refractivity contribution in [3.8, 4) is 5.75 Å². The topological polar surface area (TPSA) is 85.8 Å². The Labute approximate surface area is 171 Å². The average molecular weight is 403 g/mol. The van der Waals surface area contributed by atoms with Crippen LogP contribution in [0, 0.1) is 0 Å². The van der Waals surface area contributed by atoms with E-state index in [1.165, 1.54) is 12.1 Å². The molecule has 0 aromatic heterocycles. The summed E-state index contributed by atoms with van der Waals surface area (Å²) >= 11 is 6.18. The van der Waals surface area contributed by atoms with Crippen LogP contribution in [0.3, 0.4) is 0 Å². The molecule has 0 spiro atoms. The van der Waals surface area contributed by atoms with Crippen molar-refractivity contribution in [1.29, 1.82) is 0 Å². The molecule has 0 fully saturated rings. The van der Waals surface area contributed by atoms with Crippen LogP contribution in [0.5, 0.6) is 5.75 Å². The van der Waals surface area contributed by atoms with Crippen LogP contribution in [-0.4, -0.2) is 43.2 Å². The summed E-state index contributed by atoms with van der Waals surface area (Å²) < 4.78 is 0. The Balaban J connectivity index is 1.71. The Kier molecular flexibility index (Phi) is 9.15. The zero-order valence-electron chi connectivity index (χ0n) is 16.0. The summed E-state index contributed by atoms with van der Waals surface area (Å²) in [6.07, 6.45) is 1.52. The van der Waals surface area contributed by atoms with E-state index in [0.29, 0.717) is 25.1 Å². The second-order valence-corrected chi connectivity index (χ2v) is 6.60. The van der Waals surface area contributed by atoms with Gasteiger partial charge in [0, 0.05) is 36.8 Å². The average Bonchev–Trinajstić information content (AvgIpc) is 2.69. The molecule has 0 heterocycles. The number of hydrogen-bond donors (Lipinski definition) is 4. The van der Waals surface area contributed by atoms with E-state index in [1.54, 1.807) is 12.1 Å². The number of carbonyl (C=O) groups is 1. The number of nitrogens with one attached hydrogen (secondary N) is 3. The predicted octanol–water partition coefficient (Wildman–Crippen LogP) is 2.96. The van der Waals surface area contributed by atoms with Crippen molar-refractivity contribution in [3.63, 3.8) is 0 Å². The van der Waals surface area contributed by atoms with E-state index < -0.39 is 0 Å². The predicted molar refractivity (Wildman–Crippen MR) is 114 cm³/mol. The maximum atomic E-state index is 12.0. The largest absolute Gasteiger partial charge is 0.508 e. The van der Waals surface area contributed by atoms with E-state index in [4.69, 9.17) is 11.6 Å². The fourth-order valence-electron chi connectivity index (χ4n) is 2.58. The Bertz CT molecular complexity index is 795. The van der Waals surface area contributed by atoms with Crippen LogP contribution < -0.4 is 16.0 Å². The molecule has 0 aliphatic heterocycles. The molecule has 0 saturated carbocycles. The van der Waals surface area contributed by atoms with Crippen molar-refractivity contribution in [2.45, 2.75) is 19.8 Å². The van der Waals surface area contributed by atoms with Crippen LogP contribution in [-0.2, 0) is 6.42 Å². The molecule has 2 aromatic carbocycles. The molecule has 0 bridgehead atoms. The molecule has 1 amide bonds. The van der Waals surface area contributed by atoms with Gasteiger partial charge in [0.25, 0.3) is 5.91 Å². The minimum Gasteiger partial charge on any atom is -0.508 e. The summed E-state index contributed by atoms with van der Waals surface area (Å²) in [6.45, 7) is 4.61. The normalized spacial score (nSPS) is 11.1. The fraction of sp³-hybridized carbons (Fsp3) is 0.333. The third-order valence-electron chi connectivity index (χ3n) is 3.99. The molecule has 7 heteroatoms. The van der Waals surface area contributed by atoms with Crippen LogP contribution >= 0.6 is 11.6 Å². The highest BCUT2D eigenvalue weighted by molar-refractivity contribution is 6.31. The SMILES string of the molecule is CCNC(=NCCCNC(=O)c1cccc(O)c1)NCCc1ccccc1Cl. The maximum Gasteiger partial charge on any atom is 0.251 e. The van der Waals surface area contributed by atoms with Crippen molar-refractivity contribution in [2.75, 3.05) is 26.2 Å². The maximum absolute atomic E-state index is 12.0. The number of hydrogen-bond acceptors (Lipinski definition) is 3. The van der Waals surface area contributed by atoms with Crippen molar-refractivity contribution < 1.29 is 9.90 Å². The first-order valence-corrected chi connectivity index (χ1v) is 9.80. The number of guanidine groups is 1. The molecule has 6 nitrogen and oxygen atoms in total. The summed E-state index contributed by atoms with van der Waals surface area (Å²) in [6, 6.07) is 14.1. The molecule has 4 N–H and O–H groups in total. The van der Waals surface area contributed by atoms with E-state index >= 15 is 0 Å². The van der Waals surface area contributed by atoms with Crippen molar-refractivity contribution in [1.82, 2.24) is 16.0 Å². The highest BCUT2D eigenvalue weighted by Crippen LogP contribution is 2.14. The zero-order chi connectivity index (χ0) is 20.2. The number of phenolic OH excluding ortho intramolecular Hbond substituents is 1. The van der Waals surface area contributed by atoms with Gasteiger partial charge >= 0.3 is 0 Å². The van der Waals surface area contributed by atoms with Gasteiger partial charge in [-0.2, -0.15) is 0 Å². The van der Waals surface area contributed by atoms with Gasteiger partial charge in [-0.25, -0.2) is 0 Å². The number of halogens is 1. The van der Waals surface area contributed by atoms with Gasteiger partial charge in [-0.1, -0.05) is 35.9 Å². The van der Waals surface area contributed by atoms with Crippen LogP contribution in [0.25, 0.3) is 0 Å². The summed E-state index contributed by atoms with van der Waals surface area (Å²) in [5, 5.41) is 19.5. The van der Waals surface area contributed by atoms with Gasteiger partial charge in [0.2, 0.25) is 0 Å². The second-order valence-electron chi connectivity index (χ2n) is 6.19. The van der Waals surface area contributed by atoms with Crippen LogP contribution in [0.4, 0.5) is 0 Å². The highest BCUT2D eigenvalue weighted by Gasteiger charge is 2.05. The smallest absolute Gasteiger partial charge is 0.251 e. The summed E-state index contributed by atoms with van der Waals surface area (Å²) in [4.78, 5) is 16.5. The lowest BCUT2D eigenvalue weighted by Crippen LogP contribution is -2.38. The minimum atomic E-state index is -0.204. The number of carbonyl (C=O) groups excluding carboxylic acids is 1. The van der Waals surface area contributed by atoms with Crippen molar-refractivity contribution in [3.05, 3.63) is 64.7 Å². The Morgan fingerprint density at radius 2 is 1.89 bits per heavy atom. The van der Waals surface area contributed by atoms with E-state index in [9.17, 15) is 9.90 Å². The van der Waals surface area contributed by atoms with Gasteiger partial charge in [-0.05, 0) is 49.6 Å². The quantitative estimate of drug-likeness (QED) is 0.295. The van der Waals surface area contributed by atoms with Crippen LogP contribution in [0.15, 0.2) is 53.5 Å². The van der Waals surface area contributed by atoms with E-state index in [2.05, 4.69) is 20.9 Å². The molecule has 0 radical (unpaired) electrons. The second kappa shape index (κ2) is 11.9. The first-order chi connectivity index (χ1) is 13.6. The number of aromatic hydroxyl groups is 1. The standard InChI is InChI=1S/C21H27ClN4O2/c1-2-23-21(26-14-11-16-7-3-4-10-19(16)22)25-13-6-12-24-20(28)17-8-5-9-18(27)15-17/h3-5,7-10,15,27H,2,6,11-14H2,1H3,(H,24,28)(H2,23,25,26). The monoisotopic (exact) mass is 402 g/mol. The number of phenols is 1. The first kappa shape index (κ1) is 21.6. The van der Waals surface area contributed by atoms with Crippen LogP contribution in [0.1, 0.15) is 29.3 Å². The molecule has 0 saturated heterocycles. The Hall–Kier alpha value is -2.73. The Morgan fingerprint density at radius 3 is 2.64 bits per heavy atom.